The minimum absolute atomic E-state index is 0.0300. The van der Waals surface area contributed by atoms with Crippen molar-refractivity contribution in [1.82, 2.24) is 5.32 Å². The van der Waals surface area contributed by atoms with Gasteiger partial charge in [-0.15, -0.1) is 0 Å². The molecule has 0 aromatic rings. The number of halogens is 3. The van der Waals surface area contributed by atoms with Crippen LogP contribution in [0, 0.1) is 5.92 Å². The Labute approximate surface area is 106 Å². The summed E-state index contributed by atoms with van der Waals surface area (Å²) >= 11 is 0. The van der Waals surface area contributed by atoms with Gasteiger partial charge in [0.15, 0.2) is 5.96 Å². The van der Waals surface area contributed by atoms with Gasteiger partial charge in [-0.05, 0) is 18.8 Å². The standard InChI is InChI=1S/C11H22F3N3O/c1-9(2)4-6-17-10(15)16-5-3-7-18-8-11(12,13)14/h9H,3-8H2,1-2H3,(H3,15,16,17). The number of nitrogens with one attached hydrogen (secondary N) is 1. The van der Waals surface area contributed by atoms with Crippen LogP contribution in [-0.2, 0) is 4.74 Å². The molecule has 0 rings (SSSR count). The van der Waals surface area contributed by atoms with Crippen LogP contribution in [0.1, 0.15) is 26.7 Å². The van der Waals surface area contributed by atoms with Crippen molar-refractivity contribution in [3.05, 3.63) is 0 Å². The Morgan fingerprint density at radius 1 is 1.39 bits per heavy atom. The van der Waals surface area contributed by atoms with E-state index < -0.39 is 12.8 Å². The number of ether oxygens (including phenoxy) is 1. The fourth-order valence-corrected chi connectivity index (χ4v) is 1.10. The third-order valence-electron chi connectivity index (χ3n) is 2.02. The lowest BCUT2D eigenvalue weighted by Crippen LogP contribution is -2.33. The Hall–Kier alpha value is -0.980. The van der Waals surface area contributed by atoms with E-state index in [2.05, 4.69) is 28.9 Å². The van der Waals surface area contributed by atoms with Crippen molar-refractivity contribution >= 4 is 5.96 Å². The number of aliphatic imine (C=N–C) groups is 1. The zero-order chi connectivity index (χ0) is 14.0. The van der Waals surface area contributed by atoms with Crippen molar-refractivity contribution in [3.8, 4) is 0 Å². The number of rotatable bonds is 8. The van der Waals surface area contributed by atoms with Gasteiger partial charge in [0.05, 0.1) is 0 Å². The second kappa shape index (κ2) is 9.02. The summed E-state index contributed by atoms with van der Waals surface area (Å²) in [6.45, 7) is 4.14. The van der Waals surface area contributed by atoms with Crippen molar-refractivity contribution in [2.45, 2.75) is 32.9 Å². The Balaban J connectivity index is 3.45. The monoisotopic (exact) mass is 269 g/mol. The van der Waals surface area contributed by atoms with Gasteiger partial charge in [-0.25, -0.2) is 0 Å². The molecule has 18 heavy (non-hydrogen) atoms. The normalized spacial score (nSPS) is 13.1. The van der Waals surface area contributed by atoms with Crippen molar-refractivity contribution in [2.75, 3.05) is 26.3 Å². The molecule has 0 saturated heterocycles. The number of alkyl halides is 3. The maximum Gasteiger partial charge on any atom is 0.411 e. The van der Waals surface area contributed by atoms with Gasteiger partial charge in [-0.3, -0.25) is 4.99 Å². The zero-order valence-electron chi connectivity index (χ0n) is 10.9. The van der Waals surface area contributed by atoms with Gasteiger partial charge in [-0.2, -0.15) is 13.2 Å². The number of guanidine groups is 1. The molecule has 4 nitrogen and oxygen atoms in total. The summed E-state index contributed by atoms with van der Waals surface area (Å²) in [5.41, 5.74) is 5.56. The molecule has 0 heterocycles. The molecule has 0 saturated carbocycles. The first-order chi connectivity index (χ1) is 8.31. The minimum Gasteiger partial charge on any atom is -0.372 e. The third-order valence-corrected chi connectivity index (χ3v) is 2.02. The van der Waals surface area contributed by atoms with Crippen molar-refractivity contribution in [3.63, 3.8) is 0 Å². The van der Waals surface area contributed by atoms with E-state index in [1.807, 2.05) is 0 Å². The van der Waals surface area contributed by atoms with Gasteiger partial charge < -0.3 is 15.8 Å². The summed E-state index contributed by atoms with van der Waals surface area (Å²) in [6, 6.07) is 0. The molecule has 0 bridgehead atoms. The summed E-state index contributed by atoms with van der Waals surface area (Å²) < 4.78 is 39.6. The molecule has 3 N–H and O–H groups in total. The summed E-state index contributed by atoms with van der Waals surface area (Å²) in [5, 5.41) is 2.94. The van der Waals surface area contributed by atoms with Crippen LogP contribution in [-0.4, -0.2) is 38.4 Å². The molecule has 0 spiro atoms. The molecule has 0 aromatic carbocycles. The van der Waals surface area contributed by atoms with E-state index in [4.69, 9.17) is 5.73 Å². The van der Waals surface area contributed by atoms with Crippen LogP contribution in [0.4, 0.5) is 13.2 Å². The molecular weight excluding hydrogens is 247 g/mol. The van der Waals surface area contributed by atoms with Gasteiger partial charge in [-0.1, -0.05) is 13.8 Å². The van der Waals surface area contributed by atoms with Gasteiger partial charge in [0, 0.05) is 19.7 Å². The predicted octanol–water partition coefficient (Wildman–Crippen LogP) is 1.91. The van der Waals surface area contributed by atoms with Crippen LogP contribution >= 0.6 is 0 Å². The first-order valence-electron chi connectivity index (χ1n) is 5.99. The minimum atomic E-state index is -4.26. The SMILES string of the molecule is CC(C)CCNC(N)=NCCCOCC(F)(F)F. The van der Waals surface area contributed by atoms with E-state index in [0.29, 0.717) is 24.8 Å². The van der Waals surface area contributed by atoms with Gasteiger partial charge in [0.2, 0.25) is 0 Å². The van der Waals surface area contributed by atoms with E-state index in [1.165, 1.54) is 0 Å². The molecule has 0 aliphatic rings. The van der Waals surface area contributed by atoms with Crippen LogP contribution in [0.25, 0.3) is 0 Å². The largest absolute Gasteiger partial charge is 0.411 e. The van der Waals surface area contributed by atoms with Crippen molar-refractivity contribution < 1.29 is 17.9 Å². The topological polar surface area (TPSA) is 59.6 Å². The maximum atomic E-state index is 11.7. The van der Waals surface area contributed by atoms with Crippen molar-refractivity contribution in [1.29, 1.82) is 0 Å². The first kappa shape index (κ1) is 17.0. The van der Waals surface area contributed by atoms with Crippen LogP contribution < -0.4 is 11.1 Å². The van der Waals surface area contributed by atoms with Crippen LogP contribution in [0.15, 0.2) is 4.99 Å². The highest BCUT2D eigenvalue weighted by Crippen LogP contribution is 2.14. The Morgan fingerprint density at radius 2 is 2.06 bits per heavy atom. The molecule has 108 valence electrons. The second-order valence-corrected chi connectivity index (χ2v) is 4.40. The lowest BCUT2D eigenvalue weighted by atomic mass is 10.1. The molecule has 0 unspecified atom stereocenters. The van der Waals surface area contributed by atoms with Gasteiger partial charge in [0.1, 0.15) is 6.61 Å². The fraction of sp³-hybridized carbons (Fsp3) is 0.909. The lowest BCUT2D eigenvalue weighted by molar-refractivity contribution is -0.173. The molecule has 0 aliphatic carbocycles. The van der Waals surface area contributed by atoms with E-state index in [0.717, 1.165) is 13.0 Å². The molecular formula is C11H22F3N3O. The Morgan fingerprint density at radius 3 is 2.61 bits per heavy atom. The maximum absolute atomic E-state index is 11.7. The fourth-order valence-electron chi connectivity index (χ4n) is 1.10. The molecule has 0 aromatic heterocycles. The van der Waals surface area contributed by atoms with Crippen LogP contribution in [0.3, 0.4) is 0 Å². The number of nitrogens with two attached hydrogens (primary N) is 1. The molecule has 0 atom stereocenters. The van der Waals surface area contributed by atoms with Crippen molar-refractivity contribution in [2.24, 2.45) is 16.6 Å². The third kappa shape index (κ3) is 13.1. The molecule has 0 fully saturated rings. The highest BCUT2D eigenvalue weighted by Gasteiger charge is 2.27. The smallest absolute Gasteiger partial charge is 0.372 e. The van der Waals surface area contributed by atoms with E-state index >= 15 is 0 Å². The Bertz CT molecular complexity index is 242. The Kier molecular flexibility index (Phi) is 8.53. The number of hydrogen-bond acceptors (Lipinski definition) is 2. The summed E-state index contributed by atoms with van der Waals surface area (Å²) in [7, 11) is 0. The summed E-state index contributed by atoms with van der Waals surface area (Å²) in [5.74, 6) is 0.910. The van der Waals surface area contributed by atoms with E-state index in [1.54, 1.807) is 0 Å². The second-order valence-electron chi connectivity index (χ2n) is 4.40. The first-order valence-corrected chi connectivity index (χ1v) is 5.99. The predicted molar refractivity (Wildman–Crippen MR) is 65.4 cm³/mol. The van der Waals surface area contributed by atoms with Gasteiger partial charge in [0.25, 0.3) is 0 Å². The molecule has 0 radical (unpaired) electrons. The summed E-state index contributed by atoms with van der Waals surface area (Å²) in [6.07, 6.45) is -2.85. The average Bonchev–Trinajstić information content (AvgIpc) is 2.21. The van der Waals surface area contributed by atoms with Crippen LogP contribution in [0.5, 0.6) is 0 Å². The molecule has 0 aliphatic heterocycles. The van der Waals surface area contributed by atoms with E-state index in [-0.39, 0.29) is 6.61 Å². The lowest BCUT2D eigenvalue weighted by Gasteiger charge is -2.08. The quantitative estimate of drug-likeness (QED) is 0.402. The van der Waals surface area contributed by atoms with Gasteiger partial charge >= 0.3 is 6.18 Å². The summed E-state index contributed by atoms with van der Waals surface area (Å²) in [4.78, 5) is 3.98. The molecule has 7 heteroatoms. The average molecular weight is 269 g/mol. The molecule has 0 amide bonds. The highest BCUT2D eigenvalue weighted by atomic mass is 19.4. The van der Waals surface area contributed by atoms with Crippen LogP contribution in [0.2, 0.25) is 0 Å². The van der Waals surface area contributed by atoms with E-state index in [9.17, 15) is 13.2 Å². The zero-order valence-corrected chi connectivity index (χ0v) is 10.9. The number of nitrogens with zero attached hydrogens (tertiary/aromatic N) is 1. The highest BCUT2D eigenvalue weighted by molar-refractivity contribution is 5.77. The number of hydrogen-bond donors (Lipinski definition) is 2.